The van der Waals surface area contributed by atoms with Gasteiger partial charge in [0.25, 0.3) is 0 Å². The van der Waals surface area contributed by atoms with Gasteiger partial charge in [0, 0.05) is 12.0 Å². The first kappa shape index (κ1) is 16.5. The molecule has 3 aromatic rings. The van der Waals surface area contributed by atoms with Crippen LogP contribution in [0.25, 0.3) is 0 Å². The van der Waals surface area contributed by atoms with Gasteiger partial charge in [0.15, 0.2) is 0 Å². The maximum Gasteiger partial charge on any atom is 0.0365 e. The van der Waals surface area contributed by atoms with E-state index >= 15 is 0 Å². The molecule has 0 saturated heterocycles. The monoisotopic (exact) mass is 315 g/mol. The molecular formula is C23H25N. The van der Waals surface area contributed by atoms with Crippen molar-refractivity contribution in [3.8, 4) is 0 Å². The zero-order chi connectivity index (χ0) is 17.0. The maximum absolute atomic E-state index is 6.42. The van der Waals surface area contributed by atoms with E-state index < -0.39 is 0 Å². The van der Waals surface area contributed by atoms with Gasteiger partial charge in [-0.15, -0.1) is 0 Å². The Morgan fingerprint density at radius 2 is 1.25 bits per heavy atom. The normalized spacial score (nSPS) is 11.5. The Kier molecular flexibility index (Phi) is 4.82. The van der Waals surface area contributed by atoms with Crippen LogP contribution >= 0.6 is 0 Å². The summed E-state index contributed by atoms with van der Waals surface area (Å²) in [5.74, 6) is 0. The fraction of sp³-hybridized carbons (Fsp3) is 0.217. The van der Waals surface area contributed by atoms with E-state index in [9.17, 15) is 0 Å². The van der Waals surface area contributed by atoms with Gasteiger partial charge in [0.05, 0.1) is 0 Å². The third-order valence-corrected chi connectivity index (χ3v) is 4.84. The Hall–Kier alpha value is -2.38. The Morgan fingerprint density at radius 3 is 1.71 bits per heavy atom. The van der Waals surface area contributed by atoms with Gasteiger partial charge in [-0.05, 0) is 37.0 Å². The lowest BCUT2D eigenvalue weighted by Gasteiger charge is -2.35. The zero-order valence-corrected chi connectivity index (χ0v) is 14.5. The number of nitrogens with two attached hydrogens (primary N) is 1. The van der Waals surface area contributed by atoms with E-state index in [0.717, 1.165) is 6.42 Å². The average Bonchev–Trinajstić information content (AvgIpc) is 2.60. The van der Waals surface area contributed by atoms with Crippen molar-refractivity contribution in [1.29, 1.82) is 0 Å². The SMILES string of the molecule is Cc1cccc(C(CN)(Cc2ccccc2)c2cccc(C)c2)c1. The fourth-order valence-corrected chi connectivity index (χ4v) is 3.51. The van der Waals surface area contributed by atoms with Crippen LogP contribution in [-0.4, -0.2) is 6.54 Å². The van der Waals surface area contributed by atoms with Gasteiger partial charge in [0.1, 0.15) is 0 Å². The van der Waals surface area contributed by atoms with Crippen molar-refractivity contribution in [2.75, 3.05) is 6.54 Å². The third kappa shape index (κ3) is 3.27. The lowest BCUT2D eigenvalue weighted by molar-refractivity contribution is 0.521. The average molecular weight is 315 g/mol. The molecule has 0 radical (unpaired) electrons. The Labute approximate surface area is 145 Å². The Bertz CT molecular complexity index is 760. The highest BCUT2D eigenvalue weighted by Crippen LogP contribution is 2.36. The summed E-state index contributed by atoms with van der Waals surface area (Å²) in [6, 6.07) is 28.2. The summed E-state index contributed by atoms with van der Waals surface area (Å²) in [6.07, 6.45) is 0.900. The second-order valence-corrected chi connectivity index (χ2v) is 6.69. The molecule has 122 valence electrons. The molecule has 0 aliphatic carbocycles. The van der Waals surface area contributed by atoms with E-state index in [1.165, 1.54) is 27.8 Å². The molecule has 3 rings (SSSR count). The van der Waals surface area contributed by atoms with Crippen molar-refractivity contribution in [3.63, 3.8) is 0 Å². The second kappa shape index (κ2) is 7.02. The minimum atomic E-state index is -0.209. The topological polar surface area (TPSA) is 26.0 Å². The van der Waals surface area contributed by atoms with Crippen molar-refractivity contribution in [3.05, 3.63) is 107 Å². The minimum absolute atomic E-state index is 0.209. The predicted molar refractivity (Wildman–Crippen MR) is 102 cm³/mol. The van der Waals surface area contributed by atoms with Gasteiger partial charge in [0.2, 0.25) is 0 Å². The first-order valence-corrected chi connectivity index (χ1v) is 8.52. The first-order chi connectivity index (χ1) is 11.6. The van der Waals surface area contributed by atoms with E-state index in [1.807, 2.05) is 0 Å². The zero-order valence-electron chi connectivity index (χ0n) is 14.5. The highest BCUT2D eigenvalue weighted by Gasteiger charge is 2.33. The highest BCUT2D eigenvalue weighted by molar-refractivity contribution is 5.44. The van der Waals surface area contributed by atoms with Gasteiger partial charge in [-0.2, -0.15) is 0 Å². The van der Waals surface area contributed by atoms with Gasteiger partial charge in [-0.1, -0.05) is 90.0 Å². The molecule has 0 bridgehead atoms. The molecule has 2 N–H and O–H groups in total. The van der Waals surface area contributed by atoms with E-state index in [1.54, 1.807) is 0 Å². The molecule has 0 atom stereocenters. The minimum Gasteiger partial charge on any atom is -0.329 e. The smallest absolute Gasteiger partial charge is 0.0365 e. The molecule has 0 aromatic heterocycles. The molecule has 24 heavy (non-hydrogen) atoms. The molecule has 0 saturated carbocycles. The van der Waals surface area contributed by atoms with Crippen LogP contribution in [0.2, 0.25) is 0 Å². The largest absolute Gasteiger partial charge is 0.329 e. The summed E-state index contributed by atoms with van der Waals surface area (Å²) in [5.41, 5.74) is 12.6. The Balaban J connectivity index is 2.18. The van der Waals surface area contributed by atoms with Crippen LogP contribution in [0.5, 0.6) is 0 Å². The first-order valence-electron chi connectivity index (χ1n) is 8.52. The van der Waals surface area contributed by atoms with Gasteiger partial charge in [-0.25, -0.2) is 0 Å². The molecule has 0 aliphatic heterocycles. The van der Waals surface area contributed by atoms with Crippen molar-refractivity contribution in [2.24, 2.45) is 5.73 Å². The van der Waals surface area contributed by atoms with Crippen LogP contribution in [0.1, 0.15) is 27.8 Å². The van der Waals surface area contributed by atoms with Crippen molar-refractivity contribution >= 4 is 0 Å². The summed E-state index contributed by atoms with van der Waals surface area (Å²) in [7, 11) is 0. The van der Waals surface area contributed by atoms with E-state index in [4.69, 9.17) is 5.73 Å². The van der Waals surface area contributed by atoms with Crippen LogP contribution in [0, 0.1) is 13.8 Å². The molecule has 1 heteroatoms. The molecule has 1 nitrogen and oxygen atoms in total. The van der Waals surface area contributed by atoms with Crippen molar-refractivity contribution < 1.29 is 0 Å². The Morgan fingerprint density at radius 1 is 0.708 bits per heavy atom. The number of benzene rings is 3. The second-order valence-electron chi connectivity index (χ2n) is 6.69. The molecule has 3 aromatic carbocycles. The van der Waals surface area contributed by atoms with Gasteiger partial charge < -0.3 is 5.73 Å². The number of hydrogen-bond donors (Lipinski definition) is 1. The number of hydrogen-bond acceptors (Lipinski definition) is 1. The van der Waals surface area contributed by atoms with Crippen LogP contribution in [0.4, 0.5) is 0 Å². The summed E-state index contributed by atoms with van der Waals surface area (Å²) in [5, 5.41) is 0. The van der Waals surface area contributed by atoms with Crippen LogP contribution in [-0.2, 0) is 11.8 Å². The molecule has 0 amide bonds. The quantitative estimate of drug-likeness (QED) is 0.719. The lowest BCUT2D eigenvalue weighted by Crippen LogP contribution is -2.38. The summed E-state index contributed by atoms with van der Waals surface area (Å²) < 4.78 is 0. The van der Waals surface area contributed by atoms with E-state index in [-0.39, 0.29) is 5.41 Å². The van der Waals surface area contributed by atoms with Crippen molar-refractivity contribution in [2.45, 2.75) is 25.7 Å². The molecule has 0 spiro atoms. The summed E-state index contributed by atoms with van der Waals surface area (Å²) in [6.45, 7) is 4.86. The molecule has 0 heterocycles. The number of aryl methyl sites for hydroxylation is 2. The van der Waals surface area contributed by atoms with Gasteiger partial charge in [-0.3, -0.25) is 0 Å². The summed E-state index contributed by atoms with van der Waals surface area (Å²) >= 11 is 0. The van der Waals surface area contributed by atoms with E-state index in [0.29, 0.717) is 6.54 Å². The standard InChI is InChI=1S/C23H25N/c1-18-8-6-12-21(14-18)23(17-24,16-20-10-4-3-5-11-20)22-13-7-9-19(2)15-22/h3-15H,16-17,24H2,1-2H3. The molecular weight excluding hydrogens is 290 g/mol. The van der Waals surface area contributed by atoms with Crippen LogP contribution in [0.15, 0.2) is 78.9 Å². The third-order valence-electron chi connectivity index (χ3n) is 4.84. The summed E-state index contributed by atoms with van der Waals surface area (Å²) in [4.78, 5) is 0. The highest BCUT2D eigenvalue weighted by atomic mass is 14.6. The molecule has 0 unspecified atom stereocenters. The van der Waals surface area contributed by atoms with Gasteiger partial charge >= 0.3 is 0 Å². The fourth-order valence-electron chi connectivity index (χ4n) is 3.51. The molecule has 0 fully saturated rings. The predicted octanol–water partition coefficient (Wildman–Crippen LogP) is 4.79. The lowest BCUT2D eigenvalue weighted by atomic mass is 9.70. The molecule has 0 aliphatic rings. The van der Waals surface area contributed by atoms with Crippen LogP contribution < -0.4 is 5.73 Å². The van der Waals surface area contributed by atoms with E-state index in [2.05, 4.69) is 92.7 Å². The number of rotatable bonds is 5. The van der Waals surface area contributed by atoms with Crippen LogP contribution in [0.3, 0.4) is 0 Å². The maximum atomic E-state index is 6.42. The van der Waals surface area contributed by atoms with Crippen molar-refractivity contribution in [1.82, 2.24) is 0 Å².